The van der Waals surface area contributed by atoms with Crippen LogP contribution in [0, 0.1) is 0 Å². The van der Waals surface area contributed by atoms with Crippen LogP contribution >= 0.6 is 0 Å². The van der Waals surface area contributed by atoms with Crippen molar-refractivity contribution in [2.45, 2.75) is 25.7 Å². The Bertz CT molecular complexity index is 528. The summed E-state index contributed by atoms with van der Waals surface area (Å²) in [5.74, 6) is 1.56. The Morgan fingerprint density at radius 3 is 2.56 bits per heavy atom. The van der Waals surface area contributed by atoms with E-state index in [9.17, 15) is 0 Å². The lowest BCUT2D eigenvalue weighted by Gasteiger charge is -2.29. The second-order valence-corrected chi connectivity index (χ2v) is 4.91. The summed E-state index contributed by atoms with van der Waals surface area (Å²) in [4.78, 5) is 0. The van der Waals surface area contributed by atoms with E-state index in [1.165, 1.54) is 16.7 Å². The van der Waals surface area contributed by atoms with Crippen LogP contribution in [0.4, 0.5) is 0 Å². The highest BCUT2D eigenvalue weighted by Gasteiger charge is 2.25. The lowest BCUT2D eigenvalue weighted by Crippen LogP contribution is -2.23. The maximum atomic E-state index is 5.87. The minimum Gasteiger partial charge on any atom is -0.493 e. The quantitative estimate of drug-likeness (QED) is 0.783. The van der Waals surface area contributed by atoms with Crippen molar-refractivity contribution in [3.63, 3.8) is 0 Å². The van der Waals surface area contributed by atoms with E-state index in [4.69, 9.17) is 4.74 Å². The van der Waals surface area contributed by atoms with Gasteiger partial charge in [-0.25, -0.2) is 0 Å². The van der Waals surface area contributed by atoms with Crippen LogP contribution in [-0.4, -0.2) is 6.61 Å². The third kappa shape index (κ3) is 2.13. The molecule has 1 atom stereocenters. The fraction of sp³-hybridized carbons (Fsp3) is 0.294. The van der Waals surface area contributed by atoms with Crippen molar-refractivity contribution in [3.8, 4) is 5.75 Å². The number of benzene rings is 2. The summed E-state index contributed by atoms with van der Waals surface area (Å²) in [6.07, 6.45) is 2.24. The molecule has 0 radical (unpaired) electrons. The second kappa shape index (κ2) is 4.85. The average molecular weight is 238 g/mol. The van der Waals surface area contributed by atoms with Crippen molar-refractivity contribution in [2.75, 3.05) is 6.61 Å². The summed E-state index contributed by atoms with van der Waals surface area (Å²) in [6.45, 7) is 2.96. The Morgan fingerprint density at radius 2 is 1.83 bits per heavy atom. The first-order chi connectivity index (χ1) is 8.86. The molecule has 0 bridgehead atoms. The van der Waals surface area contributed by atoms with E-state index in [0.717, 1.165) is 25.2 Å². The van der Waals surface area contributed by atoms with Crippen LogP contribution in [0.5, 0.6) is 5.75 Å². The summed E-state index contributed by atoms with van der Waals surface area (Å²) in [5, 5.41) is 0. The molecule has 0 aliphatic heterocycles. The van der Waals surface area contributed by atoms with Gasteiger partial charge in [0.05, 0.1) is 6.61 Å². The van der Waals surface area contributed by atoms with Gasteiger partial charge in [-0.1, -0.05) is 43.3 Å². The Hall–Kier alpha value is -1.76. The van der Waals surface area contributed by atoms with Crippen LogP contribution in [0.1, 0.15) is 29.5 Å². The molecule has 1 unspecified atom stereocenters. The van der Waals surface area contributed by atoms with Gasteiger partial charge in [-0.05, 0) is 41.7 Å². The predicted octanol–water partition coefficient (Wildman–Crippen LogP) is 3.97. The van der Waals surface area contributed by atoms with Gasteiger partial charge in [0.1, 0.15) is 5.75 Å². The van der Waals surface area contributed by atoms with Gasteiger partial charge in [-0.3, -0.25) is 0 Å². The normalized spacial score (nSPS) is 16.8. The number of aryl methyl sites for hydroxylation is 1. The van der Waals surface area contributed by atoms with Crippen molar-refractivity contribution in [3.05, 3.63) is 65.2 Å². The van der Waals surface area contributed by atoms with Gasteiger partial charge < -0.3 is 4.74 Å². The Kier molecular flexibility index (Phi) is 3.06. The molecule has 2 aromatic carbocycles. The van der Waals surface area contributed by atoms with Crippen LogP contribution in [0.15, 0.2) is 48.5 Å². The van der Waals surface area contributed by atoms with E-state index >= 15 is 0 Å². The highest BCUT2D eigenvalue weighted by molar-refractivity contribution is 5.40. The highest BCUT2D eigenvalue weighted by Crippen LogP contribution is 2.35. The summed E-state index contributed by atoms with van der Waals surface area (Å²) in [6, 6.07) is 17.1. The number of rotatable bonds is 4. The number of fused-ring (bicyclic) bond motifs is 1. The van der Waals surface area contributed by atoms with Gasteiger partial charge in [-0.15, -0.1) is 0 Å². The topological polar surface area (TPSA) is 9.23 Å². The Morgan fingerprint density at radius 1 is 1.06 bits per heavy atom. The molecule has 0 fully saturated rings. The molecule has 1 heteroatoms. The molecular formula is C17H18O. The Balaban J connectivity index is 1.59. The molecule has 1 aliphatic carbocycles. The Labute approximate surface area is 108 Å². The molecule has 1 aliphatic rings. The van der Waals surface area contributed by atoms with Gasteiger partial charge in [-0.2, -0.15) is 0 Å². The molecule has 0 heterocycles. The first-order valence-electron chi connectivity index (χ1n) is 6.66. The zero-order valence-corrected chi connectivity index (χ0v) is 10.7. The second-order valence-electron chi connectivity index (χ2n) is 4.91. The molecule has 0 saturated heterocycles. The van der Waals surface area contributed by atoms with Crippen LogP contribution < -0.4 is 4.74 Å². The zero-order chi connectivity index (χ0) is 12.4. The largest absolute Gasteiger partial charge is 0.493 e. The molecule has 92 valence electrons. The molecule has 0 saturated carbocycles. The number of ether oxygens (including phenoxy) is 1. The van der Waals surface area contributed by atoms with Gasteiger partial charge in [0.2, 0.25) is 0 Å². The standard InChI is InChI=1S/C17H18O/c1-2-13-7-9-16(10-8-13)18-12-15-11-14-5-3-4-6-17(14)15/h3-10,15H,2,11-12H2,1H3. The van der Waals surface area contributed by atoms with E-state index in [0.29, 0.717) is 5.92 Å². The monoisotopic (exact) mass is 238 g/mol. The first kappa shape index (κ1) is 11.3. The van der Waals surface area contributed by atoms with Crippen LogP contribution in [0.2, 0.25) is 0 Å². The third-order valence-electron chi connectivity index (χ3n) is 3.74. The van der Waals surface area contributed by atoms with E-state index in [1.807, 2.05) is 0 Å². The molecule has 0 aromatic heterocycles. The summed E-state index contributed by atoms with van der Waals surface area (Å²) < 4.78 is 5.87. The van der Waals surface area contributed by atoms with Gasteiger partial charge in [0, 0.05) is 5.92 Å². The predicted molar refractivity (Wildman–Crippen MR) is 74.2 cm³/mol. The van der Waals surface area contributed by atoms with Gasteiger partial charge in [0.15, 0.2) is 0 Å². The molecule has 18 heavy (non-hydrogen) atoms. The summed E-state index contributed by atoms with van der Waals surface area (Å²) >= 11 is 0. The minimum atomic E-state index is 0.576. The minimum absolute atomic E-state index is 0.576. The SMILES string of the molecule is CCc1ccc(OCC2Cc3ccccc32)cc1. The zero-order valence-electron chi connectivity index (χ0n) is 10.7. The highest BCUT2D eigenvalue weighted by atomic mass is 16.5. The average Bonchev–Trinajstić information content (AvgIpc) is 2.40. The van der Waals surface area contributed by atoms with Crippen LogP contribution in [0.25, 0.3) is 0 Å². The molecule has 0 amide bonds. The fourth-order valence-electron chi connectivity index (χ4n) is 2.53. The number of hydrogen-bond donors (Lipinski definition) is 0. The van der Waals surface area contributed by atoms with Crippen LogP contribution in [0.3, 0.4) is 0 Å². The number of hydrogen-bond acceptors (Lipinski definition) is 1. The van der Waals surface area contributed by atoms with E-state index in [-0.39, 0.29) is 0 Å². The summed E-state index contributed by atoms with van der Waals surface area (Å²) in [7, 11) is 0. The van der Waals surface area contributed by atoms with E-state index in [1.54, 1.807) is 0 Å². The molecule has 0 N–H and O–H groups in total. The molecular weight excluding hydrogens is 220 g/mol. The van der Waals surface area contributed by atoms with Crippen LogP contribution in [-0.2, 0) is 12.8 Å². The molecule has 2 aromatic rings. The molecule has 1 nitrogen and oxygen atoms in total. The maximum absolute atomic E-state index is 5.87. The van der Waals surface area contributed by atoms with Crippen molar-refractivity contribution in [1.29, 1.82) is 0 Å². The van der Waals surface area contributed by atoms with Crippen molar-refractivity contribution in [1.82, 2.24) is 0 Å². The third-order valence-corrected chi connectivity index (χ3v) is 3.74. The van der Waals surface area contributed by atoms with Crippen molar-refractivity contribution >= 4 is 0 Å². The lowest BCUT2D eigenvalue weighted by molar-refractivity contribution is 0.275. The maximum Gasteiger partial charge on any atom is 0.119 e. The molecule has 0 spiro atoms. The lowest BCUT2D eigenvalue weighted by atomic mass is 9.78. The van der Waals surface area contributed by atoms with Crippen molar-refractivity contribution in [2.24, 2.45) is 0 Å². The van der Waals surface area contributed by atoms with Crippen molar-refractivity contribution < 1.29 is 4.74 Å². The summed E-state index contributed by atoms with van der Waals surface area (Å²) in [5.41, 5.74) is 4.30. The van der Waals surface area contributed by atoms with E-state index < -0.39 is 0 Å². The van der Waals surface area contributed by atoms with E-state index in [2.05, 4.69) is 55.5 Å². The molecule has 3 rings (SSSR count). The van der Waals surface area contributed by atoms with Gasteiger partial charge >= 0.3 is 0 Å². The van der Waals surface area contributed by atoms with Gasteiger partial charge in [0.25, 0.3) is 0 Å². The fourth-order valence-corrected chi connectivity index (χ4v) is 2.53. The smallest absolute Gasteiger partial charge is 0.119 e. The first-order valence-corrected chi connectivity index (χ1v) is 6.66.